The molecule has 0 aliphatic rings. The van der Waals surface area contributed by atoms with Crippen LogP contribution in [0.15, 0.2) is 182 Å². The maximum atomic E-state index is 13.4. The molecule has 0 aromatic heterocycles. The van der Waals surface area contributed by atoms with E-state index in [2.05, 4.69) is 67.7 Å². The molecule has 0 saturated carbocycles. The van der Waals surface area contributed by atoms with Crippen LogP contribution in [-0.4, -0.2) is 5.78 Å². The second kappa shape index (κ2) is 19.1. The van der Waals surface area contributed by atoms with Gasteiger partial charge in [0.05, 0.1) is 24.8 Å². The number of hydrogen-bond donors (Lipinski definition) is 0. The van der Waals surface area contributed by atoms with Gasteiger partial charge in [0.15, 0.2) is 17.2 Å². The number of carbonyl (C=O) groups excluding carboxylic acids is 1. The molecule has 326 valence electrons. The summed E-state index contributed by atoms with van der Waals surface area (Å²) in [7, 11) is 0. The van der Waals surface area contributed by atoms with E-state index in [-0.39, 0.29) is 22.3 Å². The number of hydrogen-bond acceptors (Lipinski definition) is 6. The van der Waals surface area contributed by atoms with Crippen molar-refractivity contribution in [3.8, 4) is 52.1 Å². The molecule has 0 N–H and O–H groups in total. The van der Waals surface area contributed by atoms with Gasteiger partial charge in [0.2, 0.25) is 0 Å². The summed E-state index contributed by atoms with van der Waals surface area (Å²) < 4.78 is 24.3. The summed E-state index contributed by atoms with van der Waals surface area (Å²) >= 11 is 0. The molecule has 8 aromatic rings. The molecule has 0 atom stereocenters. The second-order valence-corrected chi connectivity index (χ2v) is 17.1. The van der Waals surface area contributed by atoms with Crippen molar-refractivity contribution in [3.63, 3.8) is 0 Å². The smallest absolute Gasteiger partial charge is 0.198 e. The van der Waals surface area contributed by atoms with Crippen LogP contribution in [-0.2, 0) is 10.8 Å². The average molecular weight is 876 g/mol. The second-order valence-electron chi connectivity index (χ2n) is 17.1. The number of carbonyl (C=O) groups is 1. The van der Waals surface area contributed by atoms with Crippen molar-refractivity contribution in [3.05, 3.63) is 249 Å². The molecule has 0 spiro atoms. The van der Waals surface area contributed by atoms with Crippen LogP contribution in [0.25, 0.3) is 9.69 Å². The Balaban J connectivity index is 0.832. The Morgan fingerprint density at radius 3 is 1.07 bits per heavy atom. The molecule has 0 fully saturated rings. The van der Waals surface area contributed by atoms with Crippen LogP contribution in [0.1, 0.15) is 77.0 Å². The lowest BCUT2D eigenvalue weighted by molar-refractivity contribution is 0.103. The van der Waals surface area contributed by atoms with E-state index in [9.17, 15) is 10.1 Å². The predicted octanol–water partition coefficient (Wildman–Crippen LogP) is 16.0. The number of ether oxygens (including phenoxy) is 4. The van der Waals surface area contributed by atoms with Crippen LogP contribution in [0.3, 0.4) is 0 Å². The fraction of sp³-hybridized carbons (Fsp3) is 0.119. The standard InChI is InChI=1S/C59H45N3O5/c1-39-8-21-53(36-42(39)38-60)66-51-30-17-45(18-31-51)58(2,3)43-13-26-49(27-14-43)64-47-22-9-40(10-23-47)57(63)41-11-24-48(25-12-41)65-50-28-15-44(16-29-50)59(4,5)46-19-32-52(33-20-46)67-54-34-35-55(61-6)56(37-54)62-7/h8-37H,1-5H3. The van der Waals surface area contributed by atoms with Crippen molar-refractivity contribution >= 4 is 17.2 Å². The largest absolute Gasteiger partial charge is 0.459 e. The average Bonchev–Trinajstić information content (AvgIpc) is 3.35. The van der Waals surface area contributed by atoms with Crippen LogP contribution < -0.4 is 18.9 Å². The molecular formula is C59H45N3O5. The number of rotatable bonds is 14. The van der Waals surface area contributed by atoms with E-state index in [1.165, 1.54) is 0 Å². The molecule has 0 saturated heterocycles. The first-order valence-electron chi connectivity index (χ1n) is 21.6. The van der Waals surface area contributed by atoms with Crippen molar-refractivity contribution < 1.29 is 23.7 Å². The van der Waals surface area contributed by atoms with Crippen molar-refractivity contribution in [2.75, 3.05) is 0 Å². The monoisotopic (exact) mass is 875 g/mol. The Bertz CT molecular complexity index is 3190. The zero-order valence-electron chi connectivity index (χ0n) is 37.7. The topological polar surface area (TPSA) is 86.5 Å². The number of aryl methyl sites for hydroxylation is 1. The summed E-state index contributed by atoms with van der Waals surface area (Å²) in [6.45, 7) is 25.1. The molecule has 0 amide bonds. The summed E-state index contributed by atoms with van der Waals surface area (Å²) in [4.78, 5) is 20.3. The molecule has 0 aliphatic carbocycles. The van der Waals surface area contributed by atoms with E-state index >= 15 is 0 Å². The van der Waals surface area contributed by atoms with Gasteiger partial charge in [0, 0.05) is 22.0 Å². The van der Waals surface area contributed by atoms with E-state index in [1.807, 2.05) is 91.9 Å². The highest BCUT2D eigenvalue weighted by Crippen LogP contribution is 2.38. The van der Waals surface area contributed by atoms with Gasteiger partial charge in [-0.05, 0) is 156 Å². The van der Waals surface area contributed by atoms with E-state index in [0.717, 1.165) is 27.8 Å². The lowest BCUT2D eigenvalue weighted by Crippen LogP contribution is -2.18. The highest BCUT2D eigenvalue weighted by atomic mass is 16.5. The Morgan fingerprint density at radius 1 is 0.433 bits per heavy atom. The maximum Gasteiger partial charge on any atom is 0.198 e. The molecule has 8 aromatic carbocycles. The van der Waals surface area contributed by atoms with Gasteiger partial charge >= 0.3 is 0 Å². The zero-order chi connectivity index (χ0) is 47.1. The zero-order valence-corrected chi connectivity index (χ0v) is 37.7. The molecule has 8 heteroatoms. The minimum atomic E-state index is -0.316. The van der Waals surface area contributed by atoms with Gasteiger partial charge in [-0.25, -0.2) is 4.85 Å². The van der Waals surface area contributed by atoms with Crippen LogP contribution in [0.2, 0.25) is 0 Å². The molecule has 0 aliphatic heterocycles. The Morgan fingerprint density at radius 2 is 0.731 bits per heavy atom. The van der Waals surface area contributed by atoms with Gasteiger partial charge in [-0.15, -0.1) is 0 Å². The number of ketones is 1. The molecule has 0 bridgehead atoms. The van der Waals surface area contributed by atoms with E-state index in [1.54, 1.807) is 72.8 Å². The van der Waals surface area contributed by atoms with Crippen molar-refractivity contribution in [1.29, 1.82) is 5.26 Å². The Hall–Kier alpha value is -8.90. The van der Waals surface area contributed by atoms with Crippen molar-refractivity contribution in [1.82, 2.24) is 0 Å². The van der Waals surface area contributed by atoms with Gasteiger partial charge in [-0.3, -0.25) is 9.64 Å². The van der Waals surface area contributed by atoms with Gasteiger partial charge in [-0.1, -0.05) is 88.4 Å². The maximum absolute atomic E-state index is 13.4. The lowest BCUT2D eigenvalue weighted by atomic mass is 9.78. The number of nitrogens with zero attached hydrogens (tertiary/aromatic N) is 3. The van der Waals surface area contributed by atoms with Gasteiger partial charge in [0.1, 0.15) is 46.0 Å². The SMILES string of the molecule is [C-]#[N+]c1ccc(Oc2ccc(C(C)(C)c3ccc(Oc4ccc(C(=O)c5ccc(Oc6ccc(C(C)(C)c7ccc(Oc8ccc(C)c(C#N)c8)cc7)cc6)cc5)cc4)cc3)cc2)cc1[N+]#[C-]. The summed E-state index contributed by atoms with van der Waals surface area (Å²) in [6.07, 6.45) is 0. The molecule has 67 heavy (non-hydrogen) atoms. The summed E-state index contributed by atoms with van der Waals surface area (Å²) in [6, 6.07) is 58.7. The van der Waals surface area contributed by atoms with Gasteiger partial charge in [0.25, 0.3) is 0 Å². The van der Waals surface area contributed by atoms with Gasteiger partial charge < -0.3 is 18.9 Å². The summed E-state index contributed by atoms with van der Waals surface area (Å²) in [5.41, 5.74) is 6.99. The quantitative estimate of drug-likeness (QED) is 0.0799. The third-order valence-corrected chi connectivity index (χ3v) is 12.0. The van der Waals surface area contributed by atoms with Crippen LogP contribution in [0, 0.1) is 31.4 Å². The van der Waals surface area contributed by atoms with Crippen LogP contribution in [0.5, 0.6) is 46.0 Å². The third kappa shape index (κ3) is 10.1. The fourth-order valence-corrected chi connectivity index (χ4v) is 7.69. The third-order valence-electron chi connectivity index (χ3n) is 12.0. The molecule has 0 heterocycles. The van der Waals surface area contributed by atoms with E-state index < -0.39 is 0 Å². The minimum Gasteiger partial charge on any atom is -0.459 e. The number of nitriles is 1. The van der Waals surface area contributed by atoms with Crippen LogP contribution in [0.4, 0.5) is 11.4 Å². The van der Waals surface area contributed by atoms with Crippen molar-refractivity contribution in [2.24, 2.45) is 0 Å². The molecule has 8 rings (SSSR count). The fourth-order valence-electron chi connectivity index (χ4n) is 7.69. The first-order valence-corrected chi connectivity index (χ1v) is 21.6. The van der Waals surface area contributed by atoms with E-state index in [0.29, 0.717) is 68.4 Å². The van der Waals surface area contributed by atoms with Gasteiger partial charge in [-0.2, -0.15) is 5.26 Å². The molecule has 0 radical (unpaired) electrons. The minimum absolute atomic E-state index is 0.108. The highest BCUT2D eigenvalue weighted by Gasteiger charge is 2.25. The highest BCUT2D eigenvalue weighted by molar-refractivity contribution is 6.09. The van der Waals surface area contributed by atoms with E-state index in [4.69, 9.17) is 32.1 Å². The molecule has 8 nitrogen and oxygen atoms in total. The summed E-state index contributed by atoms with van der Waals surface area (Å²) in [5.74, 6) is 4.94. The van der Waals surface area contributed by atoms with Crippen molar-refractivity contribution in [2.45, 2.75) is 45.4 Å². The first kappa shape index (κ1) is 44.7. The predicted molar refractivity (Wildman–Crippen MR) is 261 cm³/mol. The molecule has 0 unspecified atom stereocenters. The lowest BCUT2D eigenvalue weighted by Gasteiger charge is -2.26. The normalized spacial score (nSPS) is 11.1. The van der Waals surface area contributed by atoms with Crippen LogP contribution >= 0.6 is 0 Å². The summed E-state index contributed by atoms with van der Waals surface area (Å²) in [5, 5.41) is 9.37. The Labute approximate surface area is 391 Å². The molecular weight excluding hydrogens is 831 g/mol. The first-order chi connectivity index (χ1) is 32.3. The Kier molecular flexibility index (Phi) is 12.7. The number of benzene rings is 8.